The normalized spacial score (nSPS) is 9.64. The molecular weight excluding hydrogens is 202 g/mol. The number of hydrogen-bond acceptors (Lipinski definition) is 1. The lowest BCUT2D eigenvalue weighted by Gasteiger charge is -1.99. The fourth-order valence-corrected chi connectivity index (χ4v) is 1.03. The molecule has 0 aliphatic carbocycles. The van der Waals surface area contributed by atoms with Crippen molar-refractivity contribution in [1.82, 2.24) is 4.98 Å². The maximum absolute atomic E-state index is 4.22. The second kappa shape index (κ2) is 3.67. The van der Waals surface area contributed by atoms with E-state index in [2.05, 4.69) is 27.5 Å². The number of halogens is 1. The molecule has 0 saturated carbocycles. The molecule has 0 amide bonds. The predicted octanol–water partition coefficient (Wildman–Crippen LogP) is 2.80. The summed E-state index contributed by atoms with van der Waals surface area (Å²) in [6.07, 6.45) is 1.85. The van der Waals surface area contributed by atoms with Gasteiger partial charge in [0.05, 0.1) is 5.69 Å². The van der Waals surface area contributed by atoms with Crippen LogP contribution in [-0.4, -0.2) is 10.3 Å². The van der Waals surface area contributed by atoms with E-state index in [0.29, 0.717) is 0 Å². The summed E-state index contributed by atoms with van der Waals surface area (Å²) in [5.74, 6) is 0. The summed E-state index contributed by atoms with van der Waals surface area (Å²) in [5.41, 5.74) is 3.16. The lowest BCUT2D eigenvalue weighted by Crippen LogP contribution is -1.88. The van der Waals surface area contributed by atoms with Gasteiger partial charge in [0.25, 0.3) is 0 Å². The van der Waals surface area contributed by atoms with Crippen molar-refractivity contribution in [3.8, 4) is 0 Å². The first-order valence-corrected chi connectivity index (χ1v) is 4.53. The first-order chi connectivity index (χ1) is 5.24. The molecule has 0 spiro atoms. The van der Waals surface area contributed by atoms with E-state index in [-0.39, 0.29) is 0 Å². The molecule has 11 heavy (non-hydrogen) atoms. The molecule has 1 aromatic heterocycles. The summed E-state index contributed by atoms with van der Waals surface area (Å²) in [6, 6.07) is 4.02. The maximum atomic E-state index is 4.22. The Morgan fingerprint density at radius 1 is 1.64 bits per heavy atom. The van der Waals surface area contributed by atoms with E-state index in [1.165, 1.54) is 5.56 Å². The second-order valence-corrected chi connectivity index (χ2v) is 3.02. The minimum atomic E-state index is 0.781. The number of allylic oxidation sites excluding steroid dienone is 1. The third-order valence-electron chi connectivity index (χ3n) is 1.43. The standard InChI is InChI=1S/C9H10BrN/c1-7-3-4-9(11-6-7)8(2)5-10/h3-4,6H,2,5H2,1H3. The van der Waals surface area contributed by atoms with E-state index >= 15 is 0 Å². The molecule has 0 saturated heterocycles. The molecule has 58 valence electrons. The molecule has 0 aromatic carbocycles. The van der Waals surface area contributed by atoms with Crippen LogP contribution in [-0.2, 0) is 0 Å². The molecule has 0 atom stereocenters. The molecule has 2 heteroatoms. The maximum Gasteiger partial charge on any atom is 0.0664 e. The molecule has 1 nitrogen and oxygen atoms in total. The van der Waals surface area contributed by atoms with Crippen molar-refractivity contribution in [2.45, 2.75) is 6.92 Å². The van der Waals surface area contributed by atoms with Gasteiger partial charge < -0.3 is 0 Å². The van der Waals surface area contributed by atoms with E-state index in [9.17, 15) is 0 Å². The molecule has 0 fully saturated rings. The highest BCUT2D eigenvalue weighted by Gasteiger charge is 1.96. The van der Waals surface area contributed by atoms with Crippen molar-refractivity contribution in [3.05, 3.63) is 36.2 Å². The van der Waals surface area contributed by atoms with Gasteiger partial charge in [-0.2, -0.15) is 0 Å². The van der Waals surface area contributed by atoms with Crippen LogP contribution in [0.3, 0.4) is 0 Å². The zero-order valence-corrected chi connectivity index (χ0v) is 8.06. The minimum absolute atomic E-state index is 0.781. The van der Waals surface area contributed by atoms with Crippen LogP contribution in [0.4, 0.5) is 0 Å². The summed E-state index contributed by atoms with van der Waals surface area (Å²) in [6.45, 7) is 5.89. The first-order valence-electron chi connectivity index (χ1n) is 3.41. The number of hydrogen-bond donors (Lipinski definition) is 0. The second-order valence-electron chi connectivity index (χ2n) is 2.46. The van der Waals surface area contributed by atoms with E-state index in [0.717, 1.165) is 16.6 Å². The van der Waals surface area contributed by atoms with Crippen LogP contribution in [0.25, 0.3) is 5.57 Å². The van der Waals surface area contributed by atoms with Gasteiger partial charge in [0.15, 0.2) is 0 Å². The summed E-state index contributed by atoms with van der Waals surface area (Å²) in [4.78, 5) is 4.22. The fourth-order valence-electron chi connectivity index (χ4n) is 0.745. The Balaban J connectivity index is 2.90. The molecule has 0 bridgehead atoms. The van der Waals surface area contributed by atoms with Crippen LogP contribution in [0.5, 0.6) is 0 Å². The van der Waals surface area contributed by atoms with Gasteiger partial charge in [-0.15, -0.1) is 0 Å². The lowest BCUT2D eigenvalue weighted by molar-refractivity contribution is 1.23. The number of alkyl halides is 1. The van der Waals surface area contributed by atoms with Crippen molar-refractivity contribution in [3.63, 3.8) is 0 Å². The number of rotatable bonds is 2. The van der Waals surface area contributed by atoms with Crippen LogP contribution < -0.4 is 0 Å². The van der Waals surface area contributed by atoms with Crippen molar-refractivity contribution in [2.24, 2.45) is 0 Å². The van der Waals surface area contributed by atoms with Gasteiger partial charge >= 0.3 is 0 Å². The SMILES string of the molecule is C=C(CBr)c1ccc(C)cn1. The van der Waals surface area contributed by atoms with Crippen molar-refractivity contribution in [1.29, 1.82) is 0 Å². The Kier molecular flexibility index (Phi) is 2.83. The van der Waals surface area contributed by atoms with Crippen molar-refractivity contribution >= 4 is 21.5 Å². The minimum Gasteiger partial charge on any atom is -0.256 e. The summed E-state index contributed by atoms with van der Waals surface area (Å²) >= 11 is 3.33. The average Bonchev–Trinajstić information content (AvgIpc) is 2.05. The first kappa shape index (κ1) is 8.47. The third-order valence-corrected chi connectivity index (χ3v) is 2.11. The largest absolute Gasteiger partial charge is 0.256 e. The molecule has 0 N–H and O–H groups in total. The molecule has 1 rings (SSSR count). The van der Waals surface area contributed by atoms with Gasteiger partial charge in [0.2, 0.25) is 0 Å². The summed E-state index contributed by atoms with van der Waals surface area (Å²) < 4.78 is 0. The van der Waals surface area contributed by atoms with Gasteiger partial charge in [-0.05, 0) is 24.1 Å². The molecule has 1 heterocycles. The topological polar surface area (TPSA) is 12.9 Å². The highest BCUT2D eigenvalue weighted by molar-refractivity contribution is 9.09. The van der Waals surface area contributed by atoms with Gasteiger partial charge in [0.1, 0.15) is 0 Å². The predicted molar refractivity (Wildman–Crippen MR) is 51.8 cm³/mol. The quantitative estimate of drug-likeness (QED) is 0.687. The van der Waals surface area contributed by atoms with Gasteiger partial charge in [-0.25, -0.2) is 0 Å². The Labute approximate surface area is 75.3 Å². The van der Waals surface area contributed by atoms with Crippen molar-refractivity contribution in [2.75, 3.05) is 5.33 Å². The van der Waals surface area contributed by atoms with Crippen LogP contribution in [0.1, 0.15) is 11.3 Å². The average molecular weight is 212 g/mol. The van der Waals surface area contributed by atoms with Gasteiger partial charge in [0, 0.05) is 11.5 Å². The third kappa shape index (κ3) is 2.15. The molecule has 0 unspecified atom stereocenters. The number of nitrogens with zero attached hydrogens (tertiary/aromatic N) is 1. The van der Waals surface area contributed by atoms with Crippen LogP contribution in [0, 0.1) is 6.92 Å². The molecule has 0 radical (unpaired) electrons. The van der Waals surface area contributed by atoms with Gasteiger partial charge in [-0.1, -0.05) is 28.6 Å². The summed E-state index contributed by atoms with van der Waals surface area (Å²) in [5, 5.41) is 0.781. The molecular formula is C9H10BrN. The Hall–Kier alpha value is -0.630. The fraction of sp³-hybridized carbons (Fsp3) is 0.222. The molecule has 0 aliphatic rings. The Morgan fingerprint density at radius 2 is 2.36 bits per heavy atom. The smallest absolute Gasteiger partial charge is 0.0664 e. The molecule has 0 aliphatic heterocycles. The zero-order valence-electron chi connectivity index (χ0n) is 6.47. The molecule has 1 aromatic rings. The highest BCUT2D eigenvalue weighted by Crippen LogP contribution is 2.11. The van der Waals surface area contributed by atoms with E-state index in [1.54, 1.807) is 0 Å². The van der Waals surface area contributed by atoms with E-state index in [1.807, 2.05) is 25.3 Å². The number of aromatic nitrogens is 1. The van der Waals surface area contributed by atoms with Crippen LogP contribution in [0.2, 0.25) is 0 Å². The lowest BCUT2D eigenvalue weighted by atomic mass is 10.2. The van der Waals surface area contributed by atoms with Gasteiger partial charge in [-0.3, -0.25) is 4.98 Å². The van der Waals surface area contributed by atoms with E-state index in [4.69, 9.17) is 0 Å². The Morgan fingerprint density at radius 3 is 2.82 bits per heavy atom. The number of pyridine rings is 1. The monoisotopic (exact) mass is 211 g/mol. The highest BCUT2D eigenvalue weighted by atomic mass is 79.9. The Bertz CT molecular complexity index is 251. The van der Waals surface area contributed by atoms with Crippen LogP contribution in [0.15, 0.2) is 24.9 Å². The zero-order chi connectivity index (χ0) is 8.27. The van der Waals surface area contributed by atoms with E-state index < -0.39 is 0 Å². The van der Waals surface area contributed by atoms with Crippen LogP contribution >= 0.6 is 15.9 Å². The number of aryl methyl sites for hydroxylation is 1. The van der Waals surface area contributed by atoms with Crippen molar-refractivity contribution < 1.29 is 0 Å². The summed E-state index contributed by atoms with van der Waals surface area (Å²) in [7, 11) is 0.